The summed E-state index contributed by atoms with van der Waals surface area (Å²) in [4.78, 5) is 13.7. The van der Waals surface area contributed by atoms with E-state index in [1.54, 1.807) is 34.3 Å². The highest BCUT2D eigenvalue weighted by Gasteiger charge is 2.17. The van der Waals surface area contributed by atoms with Crippen LogP contribution in [0.1, 0.15) is 27.9 Å². The average Bonchev–Trinajstić information content (AvgIpc) is 3.31. The van der Waals surface area contributed by atoms with Crippen molar-refractivity contribution in [3.8, 4) is 11.7 Å². The molecule has 0 aliphatic heterocycles. The summed E-state index contributed by atoms with van der Waals surface area (Å²) in [6, 6.07) is 7.55. The van der Waals surface area contributed by atoms with Crippen LogP contribution in [-0.4, -0.2) is 39.5 Å². The zero-order valence-corrected chi connectivity index (χ0v) is 14.9. The normalized spacial score (nSPS) is 10.6. The van der Waals surface area contributed by atoms with Crippen molar-refractivity contribution in [1.82, 2.24) is 25.3 Å². The van der Waals surface area contributed by atoms with Crippen LogP contribution in [0, 0.1) is 0 Å². The van der Waals surface area contributed by atoms with Crippen LogP contribution >= 0.6 is 11.3 Å². The molecule has 3 heterocycles. The van der Waals surface area contributed by atoms with Crippen molar-refractivity contribution in [2.75, 3.05) is 13.7 Å². The second kappa shape index (κ2) is 7.89. The van der Waals surface area contributed by atoms with E-state index in [-0.39, 0.29) is 5.91 Å². The van der Waals surface area contributed by atoms with Gasteiger partial charge in [-0.25, -0.2) is 4.68 Å². The summed E-state index contributed by atoms with van der Waals surface area (Å²) in [5.41, 5.74) is 1.36. The van der Waals surface area contributed by atoms with Crippen LogP contribution in [0.5, 0.6) is 5.88 Å². The third-order valence-electron chi connectivity index (χ3n) is 3.74. The third-order valence-corrected chi connectivity index (χ3v) is 4.67. The topological polar surface area (TPSA) is 81.9 Å². The molecule has 25 heavy (non-hydrogen) atoms. The van der Waals surface area contributed by atoms with Crippen molar-refractivity contribution in [3.63, 3.8) is 0 Å². The first-order valence-electron chi connectivity index (χ1n) is 7.98. The number of thiophene rings is 1. The van der Waals surface area contributed by atoms with Crippen LogP contribution in [0.2, 0.25) is 0 Å². The van der Waals surface area contributed by atoms with E-state index in [1.807, 2.05) is 18.4 Å². The summed E-state index contributed by atoms with van der Waals surface area (Å²) < 4.78 is 6.65. The van der Waals surface area contributed by atoms with Crippen LogP contribution in [-0.2, 0) is 12.8 Å². The maximum atomic E-state index is 12.5. The predicted octanol–water partition coefficient (Wildman–Crippen LogP) is 2.27. The monoisotopic (exact) mass is 357 g/mol. The van der Waals surface area contributed by atoms with Gasteiger partial charge in [-0.1, -0.05) is 13.0 Å². The number of rotatable bonds is 7. The standard InChI is InChI=1S/C17H19N5O2S/c1-3-14-13(17(23)18-9-8-12-5-4-10-25-12)11-19-22(14)15-6-7-16(24-2)21-20-15/h4-7,10-11H,3,8-9H2,1-2H3,(H,18,23). The molecule has 0 unspecified atom stereocenters. The first kappa shape index (κ1) is 17.1. The second-order valence-corrected chi connectivity index (χ2v) is 6.32. The van der Waals surface area contributed by atoms with Gasteiger partial charge in [-0.15, -0.1) is 21.5 Å². The van der Waals surface area contributed by atoms with Crippen molar-refractivity contribution in [2.24, 2.45) is 0 Å². The predicted molar refractivity (Wildman–Crippen MR) is 95.4 cm³/mol. The number of ether oxygens (including phenoxy) is 1. The van der Waals surface area contributed by atoms with Gasteiger partial charge in [0.15, 0.2) is 5.82 Å². The highest BCUT2D eigenvalue weighted by atomic mass is 32.1. The average molecular weight is 357 g/mol. The van der Waals surface area contributed by atoms with Crippen LogP contribution in [0.4, 0.5) is 0 Å². The fourth-order valence-corrected chi connectivity index (χ4v) is 3.19. The van der Waals surface area contributed by atoms with Gasteiger partial charge in [0, 0.05) is 17.5 Å². The molecule has 0 radical (unpaired) electrons. The molecular formula is C17H19N5O2S. The zero-order valence-electron chi connectivity index (χ0n) is 14.1. The van der Waals surface area contributed by atoms with Crippen LogP contribution < -0.4 is 10.1 Å². The van der Waals surface area contributed by atoms with Crippen LogP contribution in [0.25, 0.3) is 5.82 Å². The lowest BCUT2D eigenvalue weighted by molar-refractivity contribution is 0.0953. The molecule has 130 valence electrons. The summed E-state index contributed by atoms with van der Waals surface area (Å²) in [5.74, 6) is 0.858. The van der Waals surface area contributed by atoms with Crippen molar-refractivity contribution >= 4 is 17.2 Å². The third kappa shape index (κ3) is 3.85. The van der Waals surface area contributed by atoms with Crippen molar-refractivity contribution in [2.45, 2.75) is 19.8 Å². The van der Waals surface area contributed by atoms with Crippen LogP contribution in [0.3, 0.4) is 0 Å². The van der Waals surface area contributed by atoms with Gasteiger partial charge >= 0.3 is 0 Å². The number of carbonyl (C=O) groups excluding carboxylic acids is 1. The number of methoxy groups -OCH3 is 1. The van der Waals surface area contributed by atoms with E-state index in [0.29, 0.717) is 30.2 Å². The molecule has 1 amide bonds. The number of hydrogen-bond acceptors (Lipinski definition) is 6. The summed E-state index contributed by atoms with van der Waals surface area (Å²) in [6.07, 6.45) is 3.05. The van der Waals surface area contributed by atoms with Crippen molar-refractivity contribution < 1.29 is 9.53 Å². The molecule has 0 fully saturated rings. The van der Waals surface area contributed by atoms with Gasteiger partial charge in [0.2, 0.25) is 5.88 Å². The Balaban J connectivity index is 1.73. The van der Waals surface area contributed by atoms with E-state index < -0.39 is 0 Å². The number of amides is 1. The molecule has 0 atom stereocenters. The summed E-state index contributed by atoms with van der Waals surface area (Å²) in [7, 11) is 1.54. The molecule has 0 saturated carbocycles. The molecule has 0 spiro atoms. The highest BCUT2D eigenvalue weighted by molar-refractivity contribution is 7.09. The van der Waals surface area contributed by atoms with Gasteiger partial charge in [-0.2, -0.15) is 5.10 Å². The Labute approximate surface area is 149 Å². The number of aromatic nitrogens is 4. The maximum Gasteiger partial charge on any atom is 0.254 e. The Hall–Kier alpha value is -2.74. The van der Waals surface area contributed by atoms with Crippen molar-refractivity contribution in [3.05, 3.63) is 52.0 Å². The molecular weight excluding hydrogens is 338 g/mol. The Morgan fingerprint density at radius 2 is 2.20 bits per heavy atom. The van der Waals surface area contributed by atoms with Gasteiger partial charge in [0.1, 0.15) is 0 Å². The van der Waals surface area contributed by atoms with E-state index in [4.69, 9.17) is 4.74 Å². The fourth-order valence-electron chi connectivity index (χ4n) is 2.49. The minimum Gasteiger partial charge on any atom is -0.480 e. The SMILES string of the molecule is CCc1c(C(=O)NCCc2cccs2)cnn1-c1ccc(OC)nn1. The van der Waals surface area contributed by atoms with Gasteiger partial charge in [0.25, 0.3) is 5.91 Å². The minimum atomic E-state index is -0.124. The molecule has 3 aromatic rings. The zero-order chi connectivity index (χ0) is 17.6. The van der Waals surface area contributed by atoms with E-state index in [0.717, 1.165) is 12.1 Å². The summed E-state index contributed by atoms with van der Waals surface area (Å²) >= 11 is 1.69. The Morgan fingerprint density at radius 1 is 1.32 bits per heavy atom. The van der Waals surface area contributed by atoms with Gasteiger partial charge in [-0.05, 0) is 30.4 Å². The van der Waals surface area contributed by atoms with Crippen molar-refractivity contribution in [1.29, 1.82) is 0 Å². The first-order valence-corrected chi connectivity index (χ1v) is 8.86. The van der Waals surface area contributed by atoms with E-state index in [9.17, 15) is 4.79 Å². The maximum absolute atomic E-state index is 12.5. The molecule has 0 saturated heterocycles. The number of carbonyl (C=O) groups is 1. The van der Waals surface area contributed by atoms with E-state index >= 15 is 0 Å². The molecule has 0 aliphatic rings. The van der Waals surface area contributed by atoms with Crippen LogP contribution in [0.15, 0.2) is 35.8 Å². The Bertz CT molecular complexity index is 827. The molecule has 3 rings (SSSR count). The Morgan fingerprint density at radius 3 is 2.84 bits per heavy atom. The molecule has 0 aliphatic carbocycles. The number of nitrogens with zero attached hydrogens (tertiary/aromatic N) is 4. The van der Waals surface area contributed by atoms with Gasteiger partial charge < -0.3 is 10.1 Å². The quantitative estimate of drug-likeness (QED) is 0.701. The molecule has 8 heteroatoms. The molecule has 1 N–H and O–H groups in total. The lowest BCUT2D eigenvalue weighted by Gasteiger charge is -2.07. The second-order valence-electron chi connectivity index (χ2n) is 5.29. The first-order chi connectivity index (χ1) is 12.2. The minimum absolute atomic E-state index is 0.124. The summed E-state index contributed by atoms with van der Waals surface area (Å²) in [5, 5.41) is 17.3. The fraction of sp³-hybridized carbons (Fsp3) is 0.294. The number of hydrogen-bond donors (Lipinski definition) is 1. The smallest absolute Gasteiger partial charge is 0.254 e. The molecule has 3 aromatic heterocycles. The highest BCUT2D eigenvalue weighted by Crippen LogP contribution is 2.15. The molecule has 7 nitrogen and oxygen atoms in total. The van der Waals surface area contributed by atoms with E-state index in [2.05, 4.69) is 26.7 Å². The Kier molecular flexibility index (Phi) is 5.39. The van der Waals surface area contributed by atoms with E-state index in [1.165, 1.54) is 12.0 Å². The summed E-state index contributed by atoms with van der Waals surface area (Å²) in [6.45, 7) is 2.57. The lowest BCUT2D eigenvalue weighted by Crippen LogP contribution is -2.26. The molecule has 0 aromatic carbocycles. The van der Waals surface area contributed by atoms with Gasteiger partial charge in [-0.3, -0.25) is 4.79 Å². The largest absolute Gasteiger partial charge is 0.480 e. The van der Waals surface area contributed by atoms with Gasteiger partial charge in [0.05, 0.1) is 24.6 Å². The molecule has 0 bridgehead atoms. The number of nitrogens with one attached hydrogen (secondary N) is 1. The lowest BCUT2D eigenvalue weighted by atomic mass is 10.2.